The van der Waals surface area contributed by atoms with Gasteiger partial charge in [0.05, 0.1) is 17.4 Å². The molecule has 0 saturated carbocycles. The predicted molar refractivity (Wildman–Crippen MR) is 277 cm³/mol. The van der Waals surface area contributed by atoms with Gasteiger partial charge in [-0.05, 0) is 105 Å². The Hall–Kier alpha value is -8.21. The van der Waals surface area contributed by atoms with Crippen molar-refractivity contribution in [2.24, 2.45) is 5.10 Å². The van der Waals surface area contributed by atoms with Crippen molar-refractivity contribution in [1.29, 1.82) is 0 Å². The minimum absolute atomic E-state index is 0.129. The third-order valence-corrected chi connectivity index (χ3v) is 13.9. The van der Waals surface area contributed by atoms with Gasteiger partial charge >= 0.3 is 0 Å². The van der Waals surface area contributed by atoms with E-state index in [-0.39, 0.29) is 17.4 Å². The second-order valence-corrected chi connectivity index (χ2v) is 18.0. The van der Waals surface area contributed by atoms with Crippen molar-refractivity contribution in [3.63, 3.8) is 0 Å². The van der Waals surface area contributed by atoms with Crippen LogP contribution in [0.2, 0.25) is 0 Å². The summed E-state index contributed by atoms with van der Waals surface area (Å²) in [5.74, 6) is 0.238. The summed E-state index contributed by atoms with van der Waals surface area (Å²) in [5, 5.41) is 7.30. The molecule has 0 radical (unpaired) electrons. The van der Waals surface area contributed by atoms with Crippen molar-refractivity contribution in [3.8, 4) is 22.3 Å². The van der Waals surface area contributed by atoms with Crippen LogP contribution in [0.3, 0.4) is 0 Å². The molecule has 1 N–H and O–H groups in total. The van der Waals surface area contributed by atoms with Crippen molar-refractivity contribution in [1.82, 2.24) is 0 Å². The zero-order chi connectivity index (χ0) is 44.2. The highest BCUT2D eigenvalue weighted by atomic mass is 15.3. The number of nitrogens with one attached hydrogen (secondary N) is 1. The Morgan fingerprint density at radius 1 is 0.515 bits per heavy atom. The van der Waals surface area contributed by atoms with Crippen molar-refractivity contribution >= 4 is 50.6 Å². The van der Waals surface area contributed by atoms with Crippen LogP contribution in [0.25, 0.3) is 33.0 Å². The Balaban J connectivity index is 0.944. The molecule has 4 heteroatoms. The van der Waals surface area contributed by atoms with E-state index in [0.717, 1.165) is 55.9 Å². The van der Waals surface area contributed by atoms with Crippen LogP contribution in [-0.4, -0.2) is 11.8 Å². The standard InChI is InChI=1S/C62H48N4/c1-62(2)56-28-16-14-25-51(56)52-36-34-48(41-57(52)62)65(47-35-39-60-55(40-47)54-27-15-17-29-59(54)66(60)45-22-10-5-11-23-45)46-32-30-42(31-33-46)49-37-38-58(53-26-13-12-24-50(49)53)63-64-61(43-18-6-3-7-19-43)44-20-8-4-9-21-44/h3-41,54,59,63H,1-2H3. The van der Waals surface area contributed by atoms with Crippen LogP contribution in [0.4, 0.5) is 34.1 Å². The molecule has 0 bridgehead atoms. The zero-order valence-electron chi connectivity index (χ0n) is 37.0. The minimum atomic E-state index is -0.129. The van der Waals surface area contributed by atoms with E-state index < -0.39 is 0 Å². The summed E-state index contributed by atoms with van der Waals surface area (Å²) < 4.78 is 0. The van der Waals surface area contributed by atoms with Crippen molar-refractivity contribution in [2.45, 2.75) is 31.2 Å². The van der Waals surface area contributed by atoms with Gasteiger partial charge in [-0.1, -0.05) is 190 Å². The molecule has 2 unspecified atom stereocenters. The molecule has 0 amide bonds. The molecule has 0 spiro atoms. The molecular formula is C62H48N4. The van der Waals surface area contributed by atoms with Crippen LogP contribution < -0.4 is 15.2 Å². The van der Waals surface area contributed by atoms with E-state index in [1.807, 2.05) is 12.1 Å². The van der Waals surface area contributed by atoms with Crippen LogP contribution in [0.1, 0.15) is 47.6 Å². The van der Waals surface area contributed by atoms with Gasteiger partial charge in [0.1, 0.15) is 0 Å². The average Bonchev–Trinajstić information content (AvgIpc) is 3.83. The third kappa shape index (κ3) is 6.64. The molecule has 2 aliphatic carbocycles. The summed E-state index contributed by atoms with van der Waals surface area (Å²) in [6.45, 7) is 4.72. The van der Waals surface area contributed by atoms with E-state index in [2.05, 4.69) is 254 Å². The van der Waals surface area contributed by atoms with Gasteiger partial charge in [0.15, 0.2) is 0 Å². The Kier molecular flexibility index (Phi) is 9.61. The number of benzene rings is 9. The summed E-state index contributed by atoms with van der Waals surface area (Å²) >= 11 is 0. The van der Waals surface area contributed by atoms with E-state index in [9.17, 15) is 0 Å². The smallest absolute Gasteiger partial charge is 0.0977 e. The lowest BCUT2D eigenvalue weighted by molar-refractivity contribution is 0.660. The lowest BCUT2D eigenvalue weighted by Gasteiger charge is -2.29. The van der Waals surface area contributed by atoms with E-state index >= 15 is 0 Å². The molecule has 1 heterocycles. The monoisotopic (exact) mass is 848 g/mol. The lowest BCUT2D eigenvalue weighted by Crippen LogP contribution is -2.28. The highest BCUT2D eigenvalue weighted by Gasteiger charge is 2.39. The molecular weight excluding hydrogens is 801 g/mol. The zero-order valence-corrected chi connectivity index (χ0v) is 37.0. The molecule has 316 valence electrons. The summed E-state index contributed by atoms with van der Waals surface area (Å²) in [5.41, 5.74) is 22.2. The number of hydrazone groups is 1. The second kappa shape index (κ2) is 16.1. The molecule has 66 heavy (non-hydrogen) atoms. The van der Waals surface area contributed by atoms with Crippen LogP contribution in [-0.2, 0) is 5.41 Å². The molecule has 0 fully saturated rings. The summed E-state index contributed by atoms with van der Waals surface area (Å²) in [4.78, 5) is 4.95. The Bertz CT molecular complexity index is 3330. The van der Waals surface area contributed by atoms with E-state index in [1.165, 1.54) is 44.8 Å². The fourth-order valence-electron chi connectivity index (χ4n) is 10.7. The van der Waals surface area contributed by atoms with Gasteiger partial charge in [0.2, 0.25) is 0 Å². The SMILES string of the molecule is CC1(C)c2ccccc2-c2ccc(N(c3ccc(-c4ccc(NN=C(c5ccccc5)c5ccccc5)c5ccccc45)cc3)c3ccc4c(c3)C3C=CC=CC3N4c3ccccc3)cc21. The molecule has 9 aromatic carbocycles. The summed E-state index contributed by atoms with van der Waals surface area (Å²) in [7, 11) is 0. The molecule has 12 rings (SSSR count). The highest BCUT2D eigenvalue weighted by Crippen LogP contribution is 2.53. The molecule has 2 atom stereocenters. The van der Waals surface area contributed by atoms with Crippen LogP contribution >= 0.6 is 0 Å². The van der Waals surface area contributed by atoms with Gasteiger partial charge in [-0.15, -0.1) is 0 Å². The Labute approximate surface area is 387 Å². The van der Waals surface area contributed by atoms with Gasteiger partial charge in [0.25, 0.3) is 0 Å². The van der Waals surface area contributed by atoms with Gasteiger partial charge < -0.3 is 9.80 Å². The topological polar surface area (TPSA) is 30.9 Å². The Morgan fingerprint density at radius 3 is 1.86 bits per heavy atom. The maximum atomic E-state index is 5.03. The van der Waals surface area contributed by atoms with Gasteiger partial charge in [-0.2, -0.15) is 5.10 Å². The second-order valence-electron chi connectivity index (χ2n) is 18.0. The van der Waals surface area contributed by atoms with Gasteiger partial charge in [-0.3, -0.25) is 5.43 Å². The molecule has 0 saturated heterocycles. The molecule has 0 aromatic heterocycles. The fourth-order valence-corrected chi connectivity index (χ4v) is 10.7. The first-order chi connectivity index (χ1) is 32.5. The quantitative estimate of drug-likeness (QED) is 0.116. The third-order valence-electron chi connectivity index (χ3n) is 13.9. The van der Waals surface area contributed by atoms with Crippen LogP contribution in [0.5, 0.6) is 0 Å². The summed E-state index contributed by atoms with van der Waals surface area (Å²) in [6.07, 6.45) is 9.11. The largest absolute Gasteiger partial charge is 0.333 e. The number of rotatable bonds is 9. The minimum Gasteiger partial charge on any atom is -0.333 e. The number of hydrogen-bond acceptors (Lipinski definition) is 4. The van der Waals surface area contributed by atoms with Crippen LogP contribution in [0, 0.1) is 0 Å². The maximum absolute atomic E-state index is 5.03. The molecule has 3 aliphatic rings. The number of para-hydroxylation sites is 1. The fraction of sp³-hybridized carbons (Fsp3) is 0.0806. The van der Waals surface area contributed by atoms with Crippen LogP contribution in [0.15, 0.2) is 242 Å². The van der Waals surface area contributed by atoms with E-state index in [0.29, 0.717) is 0 Å². The first-order valence-electron chi connectivity index (χ1n) is 23.0. The van der Waals surface area contributed by atoms with Gasteiger partial charge in [0, 0.05) is 56.3 Å². The van der Waals surface area contributed by atoms with E-state index in [1.54, 1.807) is 0 Å². The van der Waals surface area contributed by atoms with Crippen molar-refractivity contribution < 1.29 is 0 Å². The first-order valence-corrected chi connectivity index (χ1v) is 23.0. The molecule has 1 aliphatic heterocycles. The van der Waals surface area contributed by atoms with E-state index in [4.69, 9.17) is 5.10 Å². The maximum Gasteiger partial charge on any atom is 0.0977 e. The summed E-state index contributed by atoms with van der Waals surface area (Å²) in [6, 6.07) is 76.9. The Morgan fingerprint density at radius 2 is 1.11 bits per heavy atom. The number of hydrogen-bond donors (Lipinski definition) is 1. The number of allylic oxidation sites excluding steroid dienone is 2. The average molecular weight is 849 g/mol. The normalized spacial score (nSPS) is 16.0. The first kappa shape index (κ1) is 39.4. The predicted octanol–water partition coefficient (Wildman–Crippen LogP) is 15.9. The number of nitrogens with zero attached hydrogens (tertiary/aromatic N) is 3. The lowest BCUT2D eigenvalue weighted by atomic mass is 9.82. The van der Waals surface area contributed by atoms with Crippen molar-refractivity contribution in [2.75, 3.05) is 15.2 Å². The molecule has 4 nitrogen and oxygen atoms in total. The van der Waals surface area contributed by atoms with Crippen molar-refractivity contribution in [3.05, 3.63) is 264 Å². The number of anilines is 6. The van der Waals surface area contributed by atoms with Gasteiger partial charge in [-0.25, -0.2) is 0 Å². The highest BCUT2D eigenvalue weighted by molar-refractivity contribution is 6.13. The molecule has 9 aromatic rings. The number of fused-ring (bicyclic) bond motifs is 7.